The molecule has 2 nitrogen and oxygen atoms in total. The average molecular weight is 325 g/mol. The monoisotopic (exact) mass is 324 g/mol. The number of nitrogens with one attached hydrogen (secondary N) is 1. The lowest BCUT2D eigenvalue weighted by atomic mass is 10.1. The van der Waals surface area contributed by atoms with Crippen molar-refractivity contribution in [2.75, 3.05) is 20.1 Å². The maximum atomic E-state index is 3.71. The number of hydrogen-bond donors (Lipinski definition) is 1. The first kappa shape index (κ1) is 15.0. The van der Waals surface area contributed by atoms with E-state index in [0.29, 0.717) is 12.1 Å². The molecule has 0 heterocycles. The van der Waals surface area contributed by atoms with Gasteiger partial charge in [-0.1, -0.05) is 22.0 Å². The van der Waals surface area contributed by atoms with Gasteiger partial charge in [-0.2, -0.15) is 0 Å². The molecule has 3 heteroatoms. The van der Waals surface area contributed by atoms with Crippen LogP contribution in [0.3, 0.4) is 0 Å². The van der Waals surface area contributed by atoms with Crippen molar-refractivity contribution in [1.29, 1.82) is 0 Å². The zero-order valence-electron chi connectivity index (χ0n) is 12.2. The van der Waals surface area contributed by atoms with E-state index in [9.17, 15) is 0 Å². The standard InChI is InChI=1S/C16H25BrN2/c1-12(2)19(3)10-4-9-18-16-8-5-13-11-14(17)6-7-15(13)16/h6-7,11-12,16,18H,4-5,8-10H2,1-3H3. The number of benzene rings is 1. The molecule has 1 aromatic rings. The molecule has 2 rings (SSSR count). The first-order valence-corrected chi connectivity index (χ1v) is 8.09. The average Bonchev–Trinajstić information content (AvgIpc) is 2.76. The minimum Gasteiger partial charge on any atom is -0.310 e. The summed E-state index contributed by atoms with van der Waals surface area (Å²) in [7, 11) is 2.20. The maximum Gasteiger partial charge on any atom is 0.0326 e. The Balaban J connectivity index is 1.77. The van der Waals surface area contributed by atoms with Crippen LogP contribution in [-0.2, 0) is 6.42 Å². The molecular weight excluding hydrogens is 300 g/mol. The van der Waals surface area contributed by atoms with Crippen LogP contribution in [0, 0.1) is 0 Å². The fourth-order valence-electron chi connectivity index (χ4n) is 2.66. The fourth-order valence-corrected chi connectivity index (χ4v) is 3.07. The summed E-state index contributed by atoms with van der Waals surface area (Å²) in [5.41, 5.74) is 3.01. The quantitative estimate of drug-likeness (QED) is 0.801. The van der Waals surface area contributed by atoms with E-state index in [1.54, 1.807) is 0 Å². The molecule has 1 N–H and O–H groups in total. The van der Waals surface area contributed by atoms with E-state index in [1.807, 2.05) is 0 Å². The predicted octanol–water partition coefficient (Wildman–Crippen LogP) is 3.76. The number of halogens is 1. The SMILES string of the molecule is CC(C)N(C)CCCNC1CCc2cc(Br)ccc21. The van der Waals surface area contributed by atoms with E-state index >= 15 is 0 Å². The number of hydrogen-bond acceptors (Lipinski definition) is 2. The second-order valence-corrected chi connectivity index (χ2v) is 6.73. The lowest BCUT2D eigenvalue weighted by Gasteiger charge is -2.21. The van der Waals surface area contributed by atoms with Crippen LogP contribution in [0.2, 0.25) is 0 Å². The van der Waals surface area contributed by atoms with Crippen molar-refractivity contribution in [3.8, 4) is 0 Å². The van der Waals surface area contributed by atoms with Gasteiger partial charge in [0.1, 0.15) is 0 Å². The van der Waals surface area contributed by atoms with Gasteiger partial charge in [0.05, 0.1) is 0 Å². The lowest BCUT2D eigenvalue weighted by molar-refractivity contribution is 0.267. The van der Waals surface area contributed by atoms with E-state index in [4.69, 9.17) is 0 Å². The van der Waals surface area contributed by atoms with Gasteiger partial charge >= 0.3 is 0 Å². The smallest absolute Gasteiger partial charge is 0.0326 e. The van der Waals surface area contributed by atoms with Gasteiger partial charge < -0.3 is 10.2 Å². The second kappa shape index (κ2) is 6.87. The van der Waals surface area contributed by atoms with Gasteiger partial charge in [0.25, 0.3) is 0 Å². The minimum absolute atomic E-state index is 0.562. The lowest BCUT2D eigenvalue weighted by Crippen LogP contribution is -2.30. The van der Waals surface area contributed by atoms with Crippen molar-refractivity contribution in [3.05, 3.63) is 33.8 Å². The molecule has 0 saturated heterocycles. The second-order valence-electron chi connectivity index (χ2n) is 5.82. The Bertz CT molecular complexity index is 417. The van der Waals surface area contributed by atoms with Crippen LogP contribution in [-0.4, -0.2) is 31.1 Å². The molecule has 1 aliphatic carbocycles. The van der Waals surface area contributed by atoms with Gasteiger partial charge in [-0.15, -0.1) is 0 Å². The maximum absolute atomic E-state index is 3.71. The molecule has 0 bridgehead atoms. The van der Waals surface area contributed by atoms with Gasteiger partial charge in [0.15, 0.2) is 0 Å². The first-order valence-electron chi connectivity index (χ1n) is 7.30. The van der Waals surface area contributed by atoms with Crippen molar-refractivity contribution in [3.63, 3.8) is 0 Å². The normalized spacial score (nSPS) is 18.3. The summed E-state index contributed by atoms with van der Waals surface area (Å²) in [6, 6.07) is 7.90. The minimum atomic E-state index is 0.562. The third kappa shape index (κ3) is 4.04. The summed E-state index contributed by atoms with van der Waals surface area (Å²) in [6.45, 7) is 6.78. The van der Waals surface area contributed by atoms with Crippen molar-refractivity contribution in [2.24, 2.45) is 0 Å². The van der Waals surface area contributed by atoms with Crippen LogP contribution in [0.4, 0.5) is 0 Å². The molecule has 0 aromatic heterocycles. The zero-order chi connectivity index (χ0) is 13.8. The van der Waals surface area contributed by atoms with Crippen molar-refractivity contribution in [1.82, 2.24) is 10.2 Å². The Hall–Kier alpha value is -0.380. The Morgan fingerprint density at radius 1 is 1.42 bits per heavy atom. The summed E-state index contributed by atoms with van der Waals surface area (Å²) in [5, 5.41) is 3.71. The molecule has 1 aromatic carbocycles. The number of rotatable bonds is 6. The first-order chi connectivity index (χ1) is 9.08. The molecule has 1 atom stereocenters. The third-order valence-electron chi connectivity index (χ3n) is 4.14. The van der Waals surface area contributed by atoms with Gasteiger partial charge in [0.2, 0.25) is 0 Å². The zero-order valence-corrected chi connectivity index (χ0v) is 13.8. The molecule has 0 radical (unpaired) electrons. The number of nitrogens with zero attached hydrogens (tertiary/aromatic N) is 1. The van der Waals surface area contributed by atoms with Crippen LogP contribution in [0.1, 0.15) is 43.9 Å². The molecule has 0 amide bonds. The van der Waals surface area contributed by atoms with Gasteiger partial charge in [-0.25, -0.2) is 0 Å². The molecule has 0 aliphatic heterocycles. The van der Waals surface area contributed by atoms with Crippen LogP contribution in [0.25, 0.3) is 0 Å². The topological polar surface area (TPSA) is 15.3 Å². The van der Waals surface area contributed by atoms with Gasteiger partial charge in [-0.3, -0.25) is 0 Å². The summed E-state index contributed by atoms with van der Waals surface area (Å²) < 4.78 is 1.20. The van der Waals surface area contributed by atoms with Gasteiger partial charge in [0, 0.05) is 16.6 Å². The largest absolute Gasteiger partial charge is 0.310 e. The summed E-state index contributed by atoms with van der Waals surface area (Å²) in [6.07, 6.45) is 3.67. The molecule has 0 spiro atoms. The molecule has 19 heavy (non-hydrogen) atoms. The summed E-state index contributed by atoms with van der Waals surface area (Å²) in [4.78, 5) is 2.40. The molecule has 106 valence electrons. The van der Waals surface area contributed by atoms with E-state index in [2.05, 4.69) is 65.2 Å². The number of fused-ring (bicyclic) bond motifs is 1. The van der Waals surface area contributed by atoms with E-state index in [0.717, 1.165) is 6.54 Å². The van der Waals surface area contributed by atoms with Crippen molar-refractivity contribution >= 4 is 15.9 Å². The molecule has 1 unspecified atom stereocenters. The van der Waals surface area contributed by atoms with Crippen LogP contribution >= 0.6 is 15.9 Å². The van der Waals surface area contributed by atoms with Gasteiger partial charge in [-0.05, 0) is 76.5 Å². The fraction of sp³-hybridized carbons (Fsp3) is 0.625. The number of aryl methyl sites for hydroxylation is 1. The van der Waals surface area contributed by atoms with Crippen LogP contribution in [0.15, 0.2) is 22.7 Å². The summed E-state index contributed by atoms with van der Waals surface area (Å²) in [5.74, 6) is 0. The van der Waals surface area contributed by atoms with E-state index < -0.39 is 0 Å². The highest BCUT2D eigenvalue weighted by atomic mass is 79.9. The molecule has 1 aliphatic rings. The Morgan fingerprint density at radius 3 is 2.95 bits per heavy atom. The van der Waals surface area contributed by atoms with E-state index in [-0.39, 0.29) is 0 Å². The predicted molar refractivity (Wildman–Crippen MR) is 85.6 cm³/mol. The van der Waals surface area contributed by atoms with E-state index in [1.165, 1.54) is 41.4 Å². The highest BCUT2D eigenvalue weighted by Gasteiger charge is 2.21. The van der Waals surface area contributed by atoms with Crippen molar-refractivity contribution < 1.29 is 0 Å². The van der Waals surface area contributed by atoms with Crippen molar-refractivity contribution in [2.45, 2.75) is 45.2 Å². The van der Waals surface area contributed by atoms with Crippen LogP contribution in [0.5, 0.6) is 0 Å². The molecule has 0 saturated carbocycles. The molecular formula is C16H25BrN2. The Morgan fingerprint density at radius 2 is 2.21 bits per heavy atom. The Labute approximate surface area is 125 Å². The highest BCUT2D eigenvalue weighted by molar-refractivity contribution is 9.10. The third-order valence-corrected chi connectivity index (χ3v) is 4.64. The highest BCUT2D eigenvalue weighted by Crippen LogP contribution is 2.32. The van der Waals surface area contributed by atoms with Crippen LogP contribution < -0.4 is 5.32 Å². The summed E-state index contributed by atoms with van der Waals surface area (Å²) >= 11 is 3.55. The molecule has 0 fully saturated rings. The Kier molecular flexibility index (Phi) is 5.43.